The molecule has 1 rings (SSSR count). The Morgan fingerprint density at radius 3 is 2.38 bits per heavy atom. The van der Waals surface area contributed by atoms with Crippen LogP contribution in [0.1, 0.15) is 32.3 Å². The Morgan fingerprint density at radius 1 is 1.10 bits per heavy atom. The highest BCUT2D eigenvalue weighted by Crippen LogP contribution is 2.28. The van der Waals surface area contributed by atoms with Crippen molar-refractivity contribution in [1.29, 1.82) is 0 Å². The normalized spacial score (nSPS) is 10.0. The van der Waals surface area contributed by atoms with Gasteiger partial charge in [0.25, 0.3) is 0 Å². The first-order valence-corrected chi connectivity index (χ1v) is 6.91. The number of amides is 1. The number of carbonyl (C=O) groups excluding carboxylic acids is 2. The fourth-order valence-corrected chi connectivity index (χ4v) is 1.71. The third-order valence-corrected chi connectivity index (χ3v) is 2.65. The van der Waals surface area contributed by atoms with E-state index in [4.69, 9.17) is 9.47 Å². The molecule has 0 aliphatic heterocycles. The molecule has 1 N–H and O–H groups in total. The minimum Gasteiger partial charge on any atom is -0.550 e. The average molecular weight is 294 g/mol. The molecule has 116 valence electrons. The number of carbonyl (C=O) groups is 2. The molecule has 6 nitrogen and oxygen atoms in total. The lowest BCUT2D eigenvalue weighted by atomic mass is 10.2. The van der Waals surface area contributed by atoms with Gasteiger partial charge in [-0.25, -0.2) is 0 Å². The van der Waals surface area contributed by atoms with Gasteiger partial charge in [0.2, 0.25) is 5.91 Å². The molecule has 0 aromatic heterocycles. The van der Waals surface area contributed by atoms with Gasteiger partial charge in [0.15, 0.2) is 11.5 Å². The number of ether oxygens (including phenoxy) is 2. The lowest BCUT2D eigenvalue weighted by Crippen LogP contribution is -2.27. The fourth-order valence-electron chi connectivity index (χ4n) is 1.71. The van der Waals surface area contributed by atoms with E-state index in [2.05, 4.69) is 5.32 Å². The van der Waals surface area contributed by atoms with Crippen molar-refractivity contribution in [2.75, 3.05) is 13.2 Å². The van der Waals surface area contributed by atoms with Crippen LogP contribution in [0.2, 0.25) is 0 Å². The second-order valence-corrected chi connectivity index (χ2v) is 4.30. The summed E-state index contributed by atoms with van der Waals surface area (Å²) in [6, 6.07) is 5.41. The minimum atomic E-state index is -1.23. The van der Waals surface area contributed by atoms with Gasteiger partial charge in [-0.05, 0) is 38.0 Å². The van der Waals surface area contributed by atoms with Crippen molar-refractivity contribution < 1.29 is 24.2 Å². The number of benzene rings is 1. The largest absolute Gasteiger partial charge is 0.550 e. The first-order chi connectivity index (χ1) is 10.1. The van der Waals surface area contributed by atoms with Crippen molar-refractivity contribution in [3.05, 3.63) is 23.8 Å². The molecule has 0 fully saturated rings. The average Bonchev–Trinajstić information content (AvgIpc) is 2.45. The molecule has 0 radical (unpaired) electrons. The van der Waals surface area contributed by atoms with Gasteiger partial charge in [-0.3, -0.25) is 4.79 Å². The zero-order valence-corrected chi connectivity index (χ0v) is 12.3. The monoisotopic (exact) mass is 294 g/mol. The number of hydrogen-bond acceptors (Lipinski definition) is 5. The highest BCUT2D eigenvalue weighted by molar-refractivity contribution is 5.79. The molecule has 0 spiro atoms. The van der Waals surface area contributed by atoms with E-state index in [1.54, 1.807) is 12.1 Å². The van der Waals surface area contributed by atoms with E-state index in [-0.39, 0.29) is 18.7 Å². The molecule has 1 aromatic rings. The number of aliphatic carboxylic acids is 1. The Kier molecular flexibility index (Phi) is 7.08. The van der Waals surface area contributed by atoms with Gasteiger partial charge >= 0.3 is 0 Å². The van der Waals surface area contributed by atoms with E-state index in [1.165, 1.54) is 0 Å². The van der Waals surface area contributed by atoms with Crippen LogP contribution in [0.15, 0.2) is 18.2 Å². The number of rotatable bonds is 9. The molecular formula is C15H20NO5-. The van der Waals surface area contributed by atoms with Crippen molar-refractivity contribution in [2.24, 2.45) is 0 Å². The van der Waals surface area contributed by atoms with E-state index in [0.29, 0.717) is 31.3 Å². The molecule has 1 amide bonds. The summed E-state index contributed by atoms with van der Waals surface area (Å²) in [6.45, 7) is 5.13. The molecule has 0 saturated heterocycles. The maximum Gasteiger partial charge on any atom is 0.220 e. The van der Waals surface area contributed by atoms with Crippen LogP contribution in [0.3, 0.4) is 0 Å². The van der Waals surface area contributed by atoms with Gasteiger partial charge in [-0.15, -0.1) is 0 Å². The van der Waals surface area contributed by atoms with E-state index >= 15 is 0 Å². The fraction of sp³-hybridized carbons (Fsp3) is 0.467. The maximum atomic E-state index is 11.4. The van der Waals surface area contributed by atoms with Crippen LogP contribution in [0.4, 0.5) is 0 Å². The Hall–Kier alpha value is -2.24. The van der Waals surface area contributed by atoms with Crippen LogP contribution >= 0.6 is 0 Å². The molecule has 0 unspecified atom stereocenters. The van der Waals surface area contributed by atoms with Gasteiger partial charge in [0.1, 0.15) is 0 Å². The molecule has 0 bridgehead atoms. The Morgan fingerprint density at radius 2 is 1.76 bits per heavy atom. The predicted molar refractivity (Wildman–Crippen MR) is 74.9 cm³/mol. The van der Waals surface area contributed by atoms with Gasteiger partial charge in [-0.1, -0.05) is 6.07 Å². The molecule has 0 atom stereocenters. The van der Waals surface area contributed by atoms with Crippen LogP contribution in [0, 0.1) is 0 Å². The Bertz CT molecular complexity index is 487. The summed E-state index contributed by atoms with van der Waals surface area (Å²) >= 11 is 0. The lowest BCUT2D eigenvalue weighted by molar-refractivity contribution is -0.305. The zero-order chi connectivity index (χ0) is 15.7. The number of carboxylic acids is 1. The third kappa shape index (κ3) is 6.16. The maximum absolute atomic E-state index is 11.4. The molecule has 0 heterocycles. The van der Waals surface area contributed by atoms with Crippen LogP contribution in [0.25, 0.3) is 0 Å². The van der Waals surface area contributed by atoms with Crippen molar-refractivity contribution in [3.63, 3.8) is 0 Å². The summed E-state index contributed by atoms with van der Waals surface area (Å²) in [5, 5.41) is 12.9. The van der Waals surface area contributed by atoms with Crippen molar-refractivity contribution in [2.45, 2.75) is 33.2 Å². The summed E-state index contributed by atoms with van der Waals surface area (Å²) in [7, 11) is 0. The zero-order valence-electron chi connectivity index (χ0n) is 12.3. The highest BCUT2D eigenvalue weighted by atomic mass is 16.5. The van der Waals surface area contributed by atoms with E-state index in [9.17, 15) is 14.7 Å². The van der Waals surface area contributed by atoms with Crippen LogP contribution in [-0.2, 0) is 16.1 Å². The molecule has 0 aliphatic rings. The lowest BCUT2D eigenvalue weighted by Gasteiger charge is -2.13. The van der Waals surface area contributed by atoms with Gasteiger partial charge in [0.05, 0.1) is 13.2 Å². The van der Waals surface area contributed by atoms with E-state index in [0.717, 1.165) is 5.56 Å². The molecule has 0 aliphatic carbocycles. The summed E-state index contributed by atoms with van der Waals surface area (Å²) in [6.07, 6.45) is -0.364. The number of hydrogen-bond donors (Lipinski definition) is 1. The highest BCUT2D eigenvalue weighted by Gasteiger charge is 2.07. The van der Waals surface area contributed by atoms with Crippen LogP contribution in [0.5, 0.6) is 11.5 Å². The van der Waals surface area contributed by atoms with Gasteiger partial charge < -0.3 is 24.7 Å². The third-order valence-electron chi connectivity index (χ3n) is 2.65. The first kappa shape index (κ1) is 16.8. The van der Waals surface area contributed by atoms with E-state index in [1.807, 2.05) is 19.9 Å². The second kappa shape index (κ2) is 8.84. The number of nitrogens with one attached hydrogen (secondary N) is 1. The summed E-state index contributed by atoms with van der Waals surface area (Å²) in [5.74, 6) is -0.275. The Balaban J connectivity index is 2.60. The standard InChI is InChI=1S/C15H21NO5/c1-3-20-12-6-5-11(9-13(12)21-4-2)10-16-14(17)7-8-15(18)19/h5-6,9H,3-4,7-8,10H2,1-2H3,(H,16,17)(H,18,19)/p-1. The predicted octanol–water partition coefficient (Wildman–Crippen LogP) is 0.630. The summed E-state index contributed by atoms with van der Waals surface area (Å²) in [4.78, 5) is 21.7. The molecule has 21 heavy (non-hydrogen) atoms. The molecule has 6 heteroatoms. The van der Waals surface area contributed by atoms with Crippen LogP contribution in [-0.4, -0.2) is 25.1 Å². The first-order valence-electron chi connectivity index (χ1n) is 6.91. The second-order valence-electron chi connectivity index (χ2n) is 4.30. The quantitative estimate of drug-likeness (QED) is 0.721. The molecular weight excluding hydrogens is 274 g/mol. The summed E-state index contributed by atoms with van der Waals surface area (Å²) < 4.78 is 10.9. The molecule has 0 saturated carbocycles. The van der Waals surface area contributed by atoms with Crippen molar-refractivity contribution in [1.82, 2.24) is 5.32 Å². The topological polar surface area (TPSA) is 87.7 Å². The molecule has 1 aromatic carbocycles. The Labute approximate surface area is 124 Å². The van der Waals surface area contributed by atoms with Crippen molar-refractivity contribution >= 4 is 11.9 Å². The smallest absolute Gasteiger partial charge is 0.220 e. The SMILES string of the molecule is CCOc1ccc(CNC(=O)CCC(=O)[O-])cc1OCC. The van der Waals surface area contributed by atoms with E-state index < -0.39 is 5.97 Å². The number of carboxylic acid groups (broad SMARTS) is 1. The van der Waals surface area contributed by atoms with Crippen molar-refractivity contribution in [3.8, 4) is 11.5 Å². The van der Waals surface area contributed by atoms with Crippen LogP contribution < -0.4 is 19.9 Å². The van der Waals surface area contributed by atoms with Gasteiger partial charge in [-0.2, -0.15) is 0 Å². The van der Waals surface area contributed by atoms with Gasteiger partial charge in [0, 0.05) is 18.9 Å². The minimum absolute atomic E-state index is 0.0856. The summed E-state index contributed by atoms with van der Waals surface area (Å²) in [5.41, 5.74) is 0.851.